The van der Waals surface area contributed by atoms with Gasteiger partial charge in [-0.05, 0) is 42.8 Å². The van der Waals surface area contributed by atoms with Gasteiger partial charge in [-0.1, -0.05) is 42.5 Å². The molecular weight excluding hydrogens is 416 g/mol. The maximum atomic E-state index is 13.9. The summed E-state index contributed by atoms with van der Waals surface area (Å²) in [4.78, 5) is 29.4. The van der Waals surface area contributed by atoms with Gasteiger partial charge in [0, 0.05) is 5.56 Å². The van der Waals surface area contributed by atoms with Gasteiger partial charge < -0.3 is 0 Å². The molecule has 0 radical (unpaired) electrons. The van der Waals surface area contributed by atoms with E-state index < -0.39 is 29.0 Å². The van der Waals surface area contributed by atoms with E-state index in [0.29, 0.717) is 11.3 Å². The van der Waals surface area contributed by atoms with E-state index in [-0.39, 0.29) is 11.9 Å². The van der Waals surface area contributed by atoms with Crippen LogP contribution in [0, 0.1) is 18.6 Å². The Kier molecular flexibility index (Phi) is 5.71. The van der Waals surface area contributed by atoms with Gasteiger partial charge in [0.2, 0.25) is 5.95 Å². The number of benzene rings is 3. The Labute approximate surface area is 181 Å². The Morgan fingerprint density at radius 3 is 2.16 bits per heavy atom. The maximum Gasteiger partial charge on any atom is 0.264 e. The highest BCUT2D eigenvalue weighted by atomic mass is 19.1. The maximum absolute atomic E-state index is 13.9. The van der Waals surface area contributed by atoms with Crippen molar-refractivity contribution in [2.45, 2.75) is 6.92 Å². The lowest BCUT2D eigenvalue weighted by Gasteiger charge is -2.08. The van der Waals surface area contributed by atoms with Gasteiger partial charge in [-0.2, -0.15) is 9.67 Å². The third-order valence-corrected chi connectivity index (χ3v) is 4.64. The lowest BCUT2D eigenvalue weighted by Crippen LogP contribution is -2.17. The minimum absolute atomic E-state index is 0.0220. The van der Waals surface area contributed by atoms with Crippen molar-refractivity contribution in [1.29, 1.82) is 0 Å². The van der Waals surface area contributed by atoms with Crippen LogP contribution in [0.5, 0.6) is 0 Å². The van der Waals surface area contributed by atoms with Gasteiger partial charge >= 0.3 is 0 Å². The number of rotatable bonds is 5. The SMILES string of the molecule is Cc1ccccc1C(=O)Nc1nc(NC(=O)c2c(F)cccc2F)nn1-c1ccccc1. The van der Waals surface area contributed by atoms with E-state index in [1.807, 2.05) is 6.07 Å². The van der Waals surface area contributed by atoms with Crippen molar-refractivity contribution in [3.05, 3.63) is 101 Å². The quantitative estimate of drug-likeness (QED) is 0.490. The molecule has 4 aromatic rings. The lowest BCUT2D eigenvalue weighted by atomic mass is 10.1. The average molecular weight is 433 g/mol. The summed E-state index contributed by atoms with van der Waals surface area (Å²) >= 11 is 0. The van der Waals surface area contributed by atoms with Gasteiger partial charge in [0.1, 0.15) is 17.2 Å². The zero-order chi connectivity index (χ0) is 22.7. The molecule has 0 bridgehead atoms. The molecule has 0 unspecified atom stereocenters. The zero-order valence-corrected chi connectivity index (χ0v) is 16.8. The molecule has 0 aliphatic rings. The van der Waals surface area contributed by atoms with E-state index in [1.165, 1.54) is 4.68 Å². The number of amides is 2. The van der Waals surface area contributed by atoms with Crippen molar-refractivity contribution < 1.29 is 18.4 Å². The first kappa shape index (κ1) is 20.9. The number of carbonyl (C=O) groups excluding carboxylic acids is 2. The normalized spacial score (nSPS) is 10.6. The Balaban J connectivity index is 1.68. The van der Waals surface area contributed by atoms with E-state index in [1.54, 1.807) is 55.5 Å². The first-order valence-corrected chi connectivity index (χ1v) is 9.59. The van der Waals surface area contributed by atoms with Crippen molar-refractivity contribution in [2.75, 3.05) is 10.6 Å². The molecule has 0 fully saturated rings. The predicted octanol–water partition coefficient (Wildman–Crippen LogP) is 4.36. The topological polar surface area (TPSA) is 88.9 Å². The van der Waals surface area contributed by atoms with Crippen LogP contribution in [0.15, 0.2) is 72.8 Å². The number of nitrogens with zero attached hydrogens (tertiary/aromatic N) is 3. The van der Waals surface area contributed by atoms with E-state index in [4.69, 9.17) is 0 Å². The molecule has 0 spiro atoms. The standard InChI is InChI=1S/C23H17F2N5O2/c1-14-8-5-6-11-16(14)20(31)27-23-28-22(29-30(23)15-9-3-2-4-10-15)26-21(32)19-17(24)12-7-13-18(19)25/h2-13H,1H3,(H2,26,27,28,29,31,32). The Morgan fingerprint density at radius 1 is 0.812 bits per heavy atom. The van der Waals surface area contributed by atoms with Crippen LogP contribution in [0.2, 0.25) is 0 Å². The van der Waals surface area contributed by atoms with Gasteiger partial charge in [-0.3, -0.25) is 20.2 Å². The summed E-state index contributed by atoms with van der Waals surface area (Å²) in [7, 11) is 0. The molecular formula is C23H17F2N5O2. The molecule has 32 heavy (non-hydrogen) atoms. The van der Waals surface area contributed by atoms with Crippen LogP contribution in [-0.4, -0.2) is 26.6 Å². The Morgan fingerprint density at radius 2 is 1.47 bits per heavy atom. The Hall–Kier alpha value is -4.40. The summed E-state index contributed by atoms with van der Waals surface area (Å²) < 4.78 is 29.2. The number of anilines is 2. The average Bonchev–Trinajstić information content (AvgIpc) is 3.16. The van der Waals surface area contributed by atoms with Gasteiger partial charge in [-0.25, -0.2) is 8.78 Å². The highest BCUT2D eigenvalue weighted by Gasteiger charge is 2.21. The molecule has 1 aromatic heterocycles. The van der Waals surface area contributed by atoms with Crippen molar-refractivity contribution in [1.82, 2.24) is 14.8 Å². The molecule has 3 aromatic carbocycles. The number of halogens is 2. The molecule has 160 valence electrons. The second-order valence-electron chi connectivity index (χ2n) is 6.83. The summed E-state index contributed by atoms with van der Waals surface area (Å²) in [5.74, 6) is -3.72. The monoisotopic (exact) mass is 433 g/mol. The van der Waals surface area contributed by atoms with Crippen LogP contribution in [0.1, 0.15) is 26.3 Å². The smallest absolute Gasteiger partial charge is 0.264 e. The third kappa shape index (κ3) is 4.22. The summed E-state index contributed by atoms with van der Waals surface area (Å²) in [6.45, 7) is 1.80. The first-order chi connectivity index (χ1) is 15.4. The summed E-state index contributed by atoms with van der Waals surface area (Å²) in [6, 6.07) is 18.9. The lowest BCUT2D eigenvalue weighted by molar-refractivity contribution is 0.101. The summed E-state index contributed by atoms with van der Waals surface area (Å²) in [5.41, 5.74) is 1.00. The molecule has 0 atom stereocenters. The number of aryl methyl sites for hydroxylation is 1. The van der Waals surface area contributed by atoms with E-state index in [2.05, 4.69) is 20.7 Å². The molecule has 4 rings (SSSR count). The molecule has 7 nitrogen and oxygen atoms in total. The van der Waals surface area contributed by atoms with Crippen molar-refractivity contribution in [2.24, 2.45) is 0 Å². The minimum atomic E-state index is -1.05. The zero-order valence-electron chi connectivity index (χ0n) is 16.8. The van der Waals surface area contributed by atoms with Gasteiger partial charge in [0.15, 0.2) is 0 Å². The molecule has 2 amide bonds. The first-order valence-electron chi connectivity index (χ1n) is 9.59. The number of carbonyl (C=O) groups is 2. The predicted molar refractivity (Wildman–Crippen MR) is 115 cm³/mol. The third-order valence-electron chi connectivity index (χ3n) is 4.64. The number of aromatic nitrogens is 3. The molecule has 0 saturated carbocycles. The highest BCUT2D eigenvalue weighted by Crippen LogP contribution is 2.19. The summed E-state index contributed by atoms with van der Waals surface area (Å²) in [5, 5.41) is 9.14. The van der Waals surface area contributed by atoms with Crippen molar-refractivity contribution in [3.63, 3.8) is 0 Å². The number of hydrogen-bond donors (Lipinski definition) is 2. The molecule has 0 aliphatic heterocycles. The van der Waals surface area contributed by atoms with Crippen LogP contribution in [0.4, 0.5) is 20.7 Å². The fourth-order valence-corrected chi connectivity index (χ4v) is 3.07. The fraction of sp³-hybridized carbons (Fsp3) is 0.0435. The second kappa shape index (κ2) is 8.76. The van der Waals surface area contributed by atoms with E-state index in [0.717, 1.165) is 23.8 Å². The number of para-hydroxylation sites is 1. The molecule has 1 heterocycles. The largest absolute Gasteiger partial charge is 0.290 e. The van der Waals surface area contributed by atoms with E-state index >= 15 is 0 Å². The van der Waals surface area contributed by atoms with Crippen LogP contribution in [-0.2, 0) is 0 Å². The molecule has 0 saturated heterocycles. The molecule has 0 aliphatic carbocycles. The van der Waals surface area contributed by atoms with Crippen LogP contribution in [0.3, 0.4) is 0 Å². The number of nitrogens with one attached hydrogen (secondary N) is 2. The van der Waals surface area contributed by atoms with Crippen molar-refractivity contribution >= 4 is 23.7 Å². The molecule has 9 heteroatoms. The highest BCUT2D eigenvalue weighted by molar-refractivity contribution is 6.05. The van der Waals surface area contributed by atoms with Gasteiger partial charge in [0.25, 0.3) is 17.8 Å². The van der Waals surface area contributed by atoms with Crippen LogP contribution in [0.25, 0.3) is 5.69 Å². The minimum Gasteiger partial charge on any atom is -0.290 e. The second-order valence-corrected chi connectivity index (χ2v) is 6.83. The Bertz CT molecular complexity index is 1280. The summed E-state index contributed by atoms with van der Waals surface area (Å²) in [6.07, 6.45) is 0. The van der Waals surface area contributed by atoms with E-state index in [9.17, 15) is 18.4 Å². The van der Waals surface area contributed by atoms with Gasteiger partial charge in [-0.15, -0.1) is 5.10 Å². The fourth-order valence-electron chi connectivity index (χ4n) is 3.07. The van der Waals surface area contributed by atoms with Crippen LogP contribution < -0.4 is 10.6 Å². The molecule has 2 N–H and O–H groups in total. The van der Waals surface area contributed by atoms with Crippen molar-refractivity contribution in [3.8, 4) is 5.69 Å². The van der Waals surface area contributed by atoms with Crippen LogP contribution >= 0.6 is 0 Å². The number of hydrogen-bond acceptors (Lipinski definition) is 4. The van der Waals surface area contributed by atoms with Gasteiger partial charge in [0.05, 0.1) is 5.69 Å².